The Bertz CT molecular complexity index is 603. The standard InChI is InChI=1S/C14H23N7S/c1-5-15-14(17-10-12-19-18-11(2)21(12)4)20(3)8-6-13-16-7-9-22-13/h7,9H,5-6,8,10H2,1-4H3,(H,15,17). The van der Waals surface area contributed by atoms with Gasteiger partial charge in [-0.3, -0.25) is 0 Å². The summed E-state index contributed by atoms with van der Waals surface area (Å²) in [5.74, 6) is 2.63. The predicted octanol–water partition coefficient (Wildman–Crippen LogP) is 1.22. The lowest BCUT2D eigenvalue weighted by Gasteiger charge is -2.21. The first-order valence-corrected chi connectivity index (χ1v) is 8.22. The lowest BCUT2D eigenvalue weighted by Crippen LogP contribution is -2.40. The van der Waals surface area contributed by atoms with Crippen LogP contribution in [0.3, 0.4) is 0 Å². The fourth-order valence-electron chi connectivity index (χ4n) is 1.95. The molecule has 0 spiro atoms. The monoisotopic (exact) mass is 321 g/mol. The molecular formula is C14H23N7S. The van der Waals surface area contributed by atoms with Gasteiger partial charge in [-0.15, -0.1) is 21.5 Å². The minimum atomic E-state index is 0.515. The summed E-state index contributed by atoms with van der Waals surface area (Å²) in [7, 11) is 4.00. The fourth-order valence-corrected chi connectivity index (χ4v) is 2.56. The molecule has 0 aliphatic rings. The maximum Gasteiger partial charge on any atom is 0.194 e. The third kappa shape index (κ3) is 4.27. The molecule has 0 aliphatic carbocycles. The Labute approximate surface area is 135 Å². The Morgan fingerprint density at radius 3 is 2.86 bits per heavy atom. The van der Waals surface area contributed by atoms with Crippen LogP contribution in [-0.4, -0.2) is 50.7 Å². The SMILES string of the molecule is CCNC(=NCc1nnc(C)n1C)N(C)CCc1nccs1. The number of aliphatic imine (C=N–C) groups is 1. The largest absolute Gasteiger partial charge is 0.357 e. The third-order valence-corrected chi connectivity index (χ3v) is 4.23. The molecule has 7 nitrogen and oxygen atoms in total. The highest BCUT2D eigenvalue weighted by Crippen LogP contribution is 2.05. The molecule has 0 amide bonds. The molecule has 8 heteroatoms. The van der Waals surface area contributed by atoms with Crippen molar-refractivity contribution >= 4 is 17.3 Å². The van der Waals surface area contributed by atoms with Gasteiger partial charge in [0.1, 0.15) is 12.4 Å². The van der Waals surface area contributed by atoms with E-state index in [2.05, 4.69) is 37.3 Å². The zero-order valence-electron chi connectivity index (χ0n) is 13.6. The Hall–Kier alpha value is -1.96. The number of likely N-dealkylation sites (N-methyl/N-ethyl adjacent to an activating group) is 1. The number of nitrogens with zero attached hydrogens (tertiary/aromatic N) is 6. The lowest BCUT2D eigenvalue weighted by atomic mass is 10.4. The minimum Gasteiger partial charge on any atom is -0.357 e. The first-order chi connectivity index (χ1) is 10.6. The van der Waals surface area contributed by atoms with Gasteiger partial charge in [-0.1, -0.05) is 0 Å². The van der Waals surface area contributed by atoms with Crippen LogP contribution in [0.15, 0.2) is 16.6 Å². The Kier molecular flexibility index (Phi) is 5.88. The molecule has 1 N–H and O–H groups in total. The molecule has 0 saturated heterocycles. The highest BCUT2D eigenvalue weighted by atomic mass is 32.1. The van der Waals surface area contributed by atoms with Crippen LogP contribution in [0.2, 0.25) is 0 Å². The molecule has 0 atom stereocenters. The van der Waals surface area contributed by atoms with Gasteiger partial charge in [-0.25, -0.2) is 9.98 Å². The van der Waals surface area contributed by atoms with E-state index in [1.165, 1.54) is 0 Å². The molecule has 2 aromatic rings. The summed E-state index contributed by atoms with van der Waals surface area (Å²) in [6.07, 6.45) is 2.76. The second-order valence-corrected chi connectivity index (χ2v) is 5.97. The summed E-state index contributed by atoms with van der Waals surface area (Å²) < 4.78 is 1.96. The van der Waals surface area contributed by atoms with Crippen LogP contribution in [0.25, 0.3) is 0 Å². The van der Waals surface area contributed by atoms with Gasteiger partial charge in [0, 0.05) is 45.2 Å². The van der Waals surface area contributed by atoms with Crippen LogP contribution in [0, 0.1) is 6.92 Å². The third-order valence-electron chi connectivity index (χ3n) is 3.39. The van der Waals surface area contributed by atoms with Crippen molar-refractivity contribution < 1.29 is 0 Å². The normalized spacial score (nSPS) is 11.7. The number of aryl methyl sites for hydroxylation is 1. The molecule has 0 aliphatic heterocycles. The molecule has 2 rings (SSSR count). The smallest absolute Gasteiger partial charge is 0.194 e. The topological polar surface area (TPSA) is 71.2 Å². The summed E-state index contributed by atoms with van der Waals surface area (Å²) in [4.78, 5) is 11.1. The van der Waals surface area contributed by atoms with E-state index in [4.69, 9.17) is 0 Å². The lowest BCUT2D eigenvalue weighted by molar-refractivity contribution is 0.484. The van der Waals surface area contributed by atoms with Crippen LogP contribution < -0.4 is 5.32 Å². The van der Waals surface area contributed by atoms with Crippen molar-refractivity contribution in [2.24, 2.45) is 12.0 Å². The van der Waals surface area contributed by atoms with Crippen molar-refractivity contribution in [3.05, 3.63) is 28.2 Å². The number of nitrogens with one attached hydrogen (secondary N) is 1. The van der Waals surface area contributed by atoms with E-state index in [1.807, 2.05) is 37.2 Å². The average Bonchev–Trinajstić information content (AvgIpc) is 3.13. The summed E-state index contributed by atoms with van der Waals surface area (Å²) in [6, 6.07) is 0. The van der Waals surface area contributed by atoms with Crippen molar-refractivity contribution in [2.45, 2.75) is 26.8 Å². The number of hydrogen-bond donors (Lipinski definition) is 1. The summed E-state index contributed by atoms with van der Waals surface area (Å²) in [5, 5.41) is 14.7. The minimum absolute atomic E-state index is 0.515. The Morgan fingerprint density at radius 2 is 2.27 bits per heavy atom. The molecule has 22 heavy (non-hydrogen) atoms. The van der Waals surface area contributed by atoms with Crippen molar-refractivity contribution in [3.63, 3.8) is 0 Å². The molecule has 0 fully saturated rings. The van der Waals surface area contributed by atoms with E-state index >= 15 is 0 Å². The zero-order valence-corrected chi connectivity index (χ0v) is 14.4. The van der Waals surface area contributed by atoms with E-state index in [0.29, 0.717) is 6.54 Å². The van der Waals surface area contributed by atoms with Crippen LogP contribution in [0.5, 0.6) is 0 Å². The summed E-state index contributed by atoms with van der Waals surface area (Å²) >= 11 is 1.69. The van der Waals surface area contributed by atoms with E-state index in [0.717, 1.165) is 42.1 Å². The molecule has 120 valence electrons. The molecule has 0 unspecified atom stereocenters. The molecule has 0 radical (unpaired) electrons. The molecule has 2 heterocycles. The van der Waals surface area contributed by atoms with Gasteiger partial charge in [0.05, 0.1) is 5.01 Å². The summed E-state index contributed by atoms with van der Waals surface area (Å²) in [5.41, 5.74) is 0. The maximum atomic E-state index is 4.65. The van der Waals surface area contributed by atoms with Gasteiger partial charge >= 0.3 is 0 Å². The van der Waals surface area contributed by atoms with Gasteiger partial charge in [-0.05, 0) is 13.8 Å². The van der Waals surface area contributed by atoms with Crippen LogP contribution in [0.4, 0.5) is 0 Å². The van der Waals surface area contributed by atoms with Crippen LogP contribution in [-0.2, 0) is 20.0 Å². The second-order valence-electron chi connectivity index (χ2n) is 4.99. The first kappa shape index (κ1) is 16.4. The van der Waals surface area contributed by atoms with Crippen LogP contribution in [0.1, 0.15) is 23.6 Å². The van der Waals surface area contributed by atoms with Gasteiger partial charge in [0.2, 0.25) is 0 Å². The maximum absolute atomic E-state index is 4.65. The first-order valence-electron chi connectivity index (χ1n) is 7.34. The van der Waals surface area contributed by atoms with E-state index in [1.54, 1.807) is 11.3 Å². The highest BCUT2D eigenvalue weighted by Gasteiger charge is 2.09. The van der Waals surface area contributed by atoms with Crippen molar-refractivity contribution in [2.75, 3.05) is 20.1 Å². The Balaban J connectivity index is 1.98. The highest BCUT2D eigenvalue weighted by molar-refractivity contribution is 7.09. The predicted molar refractivity (Wildman–Crippen MR) is 89.0 cm³/mol. The van der Waals surface area contributed by atoms with Gasteiger partial charge in [-0.2, -0.15) is 0 Å². The zero-order chi connectivity index (χ0) is 15.9. The summed E-state index contributed by atoms with van der Waals surface area (Å²) in [6.45, 7) is 6.22. The number of rotatable bonds is 6. The number of hydrogen-bond acceptors (Lipinski definition) is 5. The average molecular weight is 321 g/mol. The molecule has 0 saturated carbocycles. The van der Waals surface area contributed by atoms with E-state index in [9.17, 15) is 0 Å². The van der Waals surface area contributed by atoms with E-state index < -0.39 is 0 Å². The quantitative estimate of drug-likeness (QED) is 0.640. The number of aromatic nitrogens is 4. The molecule has 0 bridgehead atoms. The molecule has 2 aromatic heterocycles. The Morgan fingerprint density at radius 1 is 1.45 bits per heavy atom. The molecule has 0 aromatic carbocycles. The van der Waals surface area contributed by atoms with Gasteiger partial charge in [0.15, 0.2) is 11.8 Å². The number of thiazole rings is 1. The van der Waals surface area contributed by atoms with Crippen molar-refractivity contribution in [1.82, 2.24) is 30.0 Å². The molecular weight excluding hydrogens is 298 g/mol. The van der Waals surface area contributed by atoms with Crippen LogP contribution >= 0.6 is 11.3 Å². The van der Waals surface area contributed by atoms with Gasteiger partial charge in [0.25, 0.3) is 0 Å². The second kappa shape index (κ2) is 7.88. The fraction of sp³-hybridized carbons (Fsp3) is 0.571. The van der Waals surface area contributed by atoms with Gasteiger partial charge < -0.3 is 14.8 Å². The van der Waals surface area contributed by atoms with Crippen molar-refractivity contribution in [3.8, 4) is 0 Å². The van der Waals surface area contributed by atoms with E-state index in [-0.39, 0.29) is 0 Å². The number of guanidine groups is 1. The van der Waals surface area contributed by atoms with Crippen molar-refractivity contribution in [1.29, 1.82) is 0 Å².